The zero-order valence-electron chi connectivity index (χ0n) is 11.3. The standard InChI is InChI=1S/C14H24O3/c1-4-6-8-11-9-7-10-12(15)14(11,3)13(16)17-5-2/h11H,4-10H2,1-3H3/t11-,14-/m1/s1. The monoisotopic (exact) mass is 240 g/mol. The van der Waals surface area contributed by atoms with Gasteiger partial charge < -0.3 is 4.74 Å². The van der Waals surface area contributed by atoms with Crippen LogP contribution in [0.4, 0.5) is 0 Å². The van der Waals surface area contributed by atoms with Gasteiger partial charge in [0.1, 0.15) is 11.2 Å². The van der Waals surface area contributed by atoms with Crippen molar-refractivity contribution in [3.8, 4) is 0 Å². The van der Waals surface area contributed by atoms with Gasteiger partial charge in [0.15, 0.2) is 0 Å². The Kier molecular flexibility index (Phi) is 5.16. The van der Waals surface area contributed by atoms with E-state index < -0.39 is 5.41 Å². The molecule has 17 heavy (non-hydrogen) atoms. The van der Waals surface area contributed by atoms with Gasteiger partial charge >= 0.3 is 5.97 Å². The number of hydrogen-bond donors (Lipinski definition) is 0. The summed E-state index contributed by atoms with van der Waals surface area (Å²) in [5.41, 5.74) is -0.885. The second-order valence-electron chi connectivity index (χ2n) is 5.08. The molecular formula is C14H24O3. The van der Waals surface area contributed by atoms with Crippen molar-refractivity contribution in [3.05, 3.63) is 0 Å². The normalized spacial score (nSPS) is 29.1. The highest BCUT2D eigenvalue weighted by Crippen LogP contribution is 2.42. The first kappa shape index (κ1) is 14.2. The molecule has 1 fully saturated rings. The van der Waals surface area contributed by atoms with E-state index in [0.717, 1.165) is 32.1 Å². The summed E-state index contributed by atoms with van der Waals surface area (Å²) in [5, 5.41) is 0. The molecule has 1 aliphatic carbocycles. The molecule has 1 aliphatic rings. The molecule has 0 radical (unpaired) electrons. The molecule has 0 N–H and O–H groups in total. The number of carbonyl (C=O) groups excluding carboxylic acids is 2. The topological polar surface area (TPSA) is 43.4 Å². The second kappa shape index (κ2) is 6.18. The van der Waals surface area contributed by atoms with Crippen molar-refractivity contribution in [2.24, 2.45) is 11.3 Å². The molecule has 0 bridgehead atoms. The Bertz CT molecular complexity index is 285. The van der Waals surface area contributed by atoms with Crippen molar-refractivity contribution in [2.45, 2.75) is 59.3 Å². The Morgan fingerprint density at radius 1 is 1.47 bits per heavy atom. The molecular weight excluding hydrogens is 216 g/mol. The van der Waals surface area contributed by atoms with Crippen molar-refractivity contribution in [3.63, 3.8) is 0 Å². The summed E-state index contributed by atoms with van der Waals surface area (Å²) in [7, 11) is 0. The molecule has 0 aromatic carbocycles. The van der Waals surface area contributed by atoms with Crippen molar-refractivity contribution in [2.75, 3.05) is 6.61 Å². The van der Waals surface area contributed by atoms with Gasteiger partial charge in [0.25, 0.3) is 0 Å². The van der Waals surface area contributed by atoms with Crippen LogP contribution in [-0.2, 0) is 14.3 Å². The minimum atomic E-state index is -0.885. The van der Waals surface area contributed by atoms with E-state index in [1.54, 1.807) is 13.8 Å². The molecule has 0 aromatic heterocycles. The van der Waals surface area contributed by atoms with E-state index in [9.17, 15) is 9.59 Å². The highest BCUT2D eigenvalue weighted by atomic mass is 16.5. The zero-order valence-corrected chi connectivity index (χ0v) is 11.3. The van der Waals surface area contributed by atoms with Gasteiger partial charge in [-0.05, 0) is 39.0 Å². The summed E-state index contributed by atoms with van der Waals surface area (Å²) in [6, 6.07) is 0. The summed E-state index contributed by atoms with van der Waals surface area (Å²) >= 11 is 0. The van der Waals surface area contributed by atoms with Crippen LogP contribution >= 0.6 is 0 Å². The van der Waals surface area contributed by atoms with Crippen LogP contribution in [0.3, 0.4) is 0 Å². The fourth-order valence-corrected chi connectivity index (χ4v) is 2.73. The average molecular weight is 240 g/mol. The van der Waals surface area contributed by atoms with Gasteiger partial charge in [-0.3, -0.25) is 9.59 Å². The van der Waals surface area contributed by atoms with E-state index in [-0.39, 0.29) is 17.7 Å². The third kappa shape index (κ3) is 2.88. The number of ether oxygens (including phenoxy) is 1. The third-order valence-corrected chi connectivity index (χ3v) is 3.96. The molecule has 3 heteroatoms. The maximum Gasteiger partial charge on any atom is 0.319 e. The second-order valence-corrected chi connectivity index (χ2v) is 5.08. The van der Waals surface area contributed by atoms with E-state index in [0.29, 0.717) is 13.0 Å². The molecule has 1 saturated carbocycles. The molecule has 0 heterocycles. The number of ketones is 1. The predicted molar refractivity (Wildman–Crippen MR) is 66.6 cm³/mol. The van der Waals surface area contributed by atoms with E-state index >= 15 is 0 Å². The van der Waals surface area contributed by atoms with Crippen LogP contribution in [0.15, 0.2) is 0 Å². The minimum Gasteiger partial charge on any atom is -0.465 e. The highest BCUT2D eigenvalue weighted by Gasteiger charge is 2.49. The number of rotatable bonds is 5. The van der Waals surface area contributed by atoms with Crippen molar-refractivity contribution < 1.29 is 14.3 Å². The summed E-state index contributed by atoms with van der Waals surface area (Å²) in [6.45, 7) is 6.05. The molecule has 3 nitrogen and oxygen atoms in total. The van der Waals surface area contributed by atoms with Crippen molar-refractivity contribution in [1.29, 1.82) is 0 Å². The first-order valence-corrected chi connectivity index (χ1v) is 6.77. The van der Waals surface area contributed by atoms with Crippen LogP contribution < -0.4 is 0 Å². The SMILES string of the molecule is CCCC[C@@H]1CCCC(=O)[C@]1(C)C(=O)OCC. The summed E-state index contributed by atoms with van der Waals surface area (Å²) in [5.74, 6) is -0.0724. The molecule has 1 rings (SSSR count). The molecule has 0 saturated heterocycles. The fourth-order valence-electron chi connectivity index (χ4n) is 2.73. The first-order valence-electron chi connectivity index (χ1n) is 6.77. The maximum atomic E-state index is 12.1. The Balaban J connectivity index is 2.84. The van der Waals surface area contributed by atoms with Gasteiger partial charge in [0, 0.05) is 6.42 Å². The Hall–Kier alpha value is -0.860. The Morgan fingerprint density at radius 3 is 2.76 bits per heavy atom. The summed E-state index contributed by atoms with van der Waals surface area (Å²) in [6.07, 6.45) is 5.55. The smallest absolute Gasteiger partial charge is 0.319 e. The lowest BCUT2D eigenvalue weighted by Crippen LogP contribution is -2.46. The van der Waals surface area contributed by atoms with E-state index in [4.69, 9.17) is 4.74 Å². The minimum absolute atomic E-state index is 0.0725. The zero-order chi connectivity index (χ0) is 12.9. The number of esters is 1. The number of hydrogen-bond acceptors (Lipinski definition) is 3. The quantitative estimate of drug-likeness (QED) is 0.548. The summed E-state index contributed by atoms with van der Waals surface area (Å²) < 4.78 is 5.11. The van der Waals surface area contributed by atoms with Gasteiger partial charge in [0.05, 0.1) is 6.61 Å². The molecule has 0 amide bonds. The molecule has 2 atom stereocenters. The van der Waals surface area contributed by atoms with Crippen LogP contribution in [-0.4, -0.2) is 18.4 Å². The number of Topliss-reactive ketones (excluding diaryl/α,β-unsaturated/α-hetero) is 1. The first-order chi connectivity index (χ1) is 8.07. The van der Waals surface area contributed by atoms with Gasteiger partial charge in [-0.25, -0.2) is 0 Å². The molecule has 0 spiro atoms. The fraction of sp³-hybridized carbons (Fsp3) is 0.857. The summed E-state index contributed by atoms with van der Waals surface area (Å²) in [4.78, 5) is 24.2. The maximum absolute atomic E-state index is 12.1. The van der Waals surface area contributed by atoms with Crippen LogP contribution in [0.25, 0.3) is 0 Å². The largest absolute Gasteiger partial charge is 0.465 e. The lowest BCUT2D eigenvalue weighted by Gasteiger charge is -2.37. The molecule has 0 aromatic rings. The van der Waals surface area contributed by atoms with Crippen LogP contribution in [0.5, 0.6) is 0 Å². The Morgan fingerprint density at radius 2 is 2.18 bits per heavy atom. The molecule has 98 valence electrons. The Labute approximate surface area is 104 Å². The van der Waals surface area contributed by atoms with Gasteiger partial charge in [-0.2, -0.15) is 0 Å². The third-order valence-electron chi connectivity index (χ3n) is 3.96. The predicted octanol–water partition coefficient (Wildman–Crippen LogP) is 3.12. The highest BCUT2D eigenvalue weighted by molar-refractivity contribution is 6.04. The van der Waals surface area contributed by atoms with Crippen molar-refractivity contribution >= 4 is 11.8 Å². The lowest BCUT2D eigenvalue weighted by molar-refractivity contribution is -0.165. The number of carbonyl (C=O) groups is 2. The van der Waals surface area contributed by atoms with Gasteiger partial charge in [-0.15, -0.1) is 0 Å². The van der Waals surface area contributed by atoms with Crippen LogP contribution in [0.2, 0.25) is 0 Å². The van der Waals surface area contributed by atoms with E-state index in [1.165, 1.54) is 0 Å². The van der Waals surface area contributed by atoms with Crippen molar-refractivity contribution in [1.82, 2.24) is 0 Å². The van der Waals surface area contributed by atoms with Gasteiger partial charge in [-0.1, -0.05) is 19.8 Å². The van der Waals surface area contributed by atoms with Crippen LogP contribution in [0, 0.1) is 11.3 Å². The molecule has 0 aliphatic heterocycles. The van der Waals surface area contributed by atoms with E-state index in [1.807, 2.05) is 0 Å². The van der Waals surface area contributed by atoms with Crippen LogP contribution in [0.1, 0.15) is 59.3 Å². The average Bonchev–Trinajstić information content (AvgIpc) is 2.31. The lowest BCUT2D eigenvalue weighted by atomic mass is 9.65. The van der Waals surface area contributed by atoms with Gasteiger partial charge in [0.2, 0.25) is 0 Å². The number of unbranched alkanes of at least 4 members (excludes halogenated alkanes) is 1. The van der Waals surface area contributed by atoms with E-state index in [2.05, 4.69) is 6.92 Å². The molecule has 0 unspecified atom stereocenters.